The number of ether oxygens (including phenoxy) is 2. The molecular weight excluding hydrogens is 504 g/mol. The number of nitrogens with zero attached hydrogens (tertiary/aromatic N) is 1. The van der Waals surface area contributed by atoms with E-state index in [1.165, 1.54) is 21.4 Å². The molecular formula is C26H23FINO2. The van der Waals surface area contributed by atoms with Crippen LogP contribution in [0.25, 0.3) is 16.6 Å². The van der Waals surface area contributed by atoms with E-state index in [9.17, 15) is 4.39 Å². The first-order valence-corrected chi connectivity index (χ1v) is 11.6. The molecule has 5 rings (SSSR count). The van der Waals surface area contributed by atoms with Gasteiger partial charge in [0.15, 0.2) is 0 Å². The Bertz CT molecular complexity index is 1180. The lowest BCUT2D eigenvalue weighted by atomic mass is 9.96. The Morgan fingerprint density at radius 2 is 1.68 bits per heavy atom. The normalized spacial score (nSPS) is 14.8. The van der Waals surface area contributed by atoms with Crippen molar-refractivity contribution in [1.29, 1.82) is 0 Å². The number of hydrogen-bond acceptors (Lipinski definition) is 2. The van der Waals surface area contributed by atoms with Gasteiger partial charge in [0.2, 0.25) is 0 Å². The maximum Gasteiger partial charge on any atom is 0.130 e. The maximum absolute atomic E-state index is 13.7. The molecule has 0 amide bonds. The fraction of sp³-hybridized carbons (Fsp3) is 0.231. The molecule has 1 aliphatic rings. The summed E-state index contributed by atoms with van der Waals surface area (Å²) in [7, 11) is 0. The second-order valence-electron chi connectivity index (χ2n) is 7.82. The second-order valence-corrected chi connectivity index (χ2v) is 8.90. The predicted octanol–water partition coefficient (Wildman–Crippen LogP) is 6.85. The highest BCUT2D eigenvalue weighted by Crippen LogP contribution is 2.42. The van der Waals surface area contributed by atoms with Crippen LogP contribution in [0.5, 0.6) is 5.75 Å². The van der Waals surface area contributed by atoms with E-state index in [-0.39, 0.29) is 5.82 Å². The van der Waals surface area contributed by atoms with Crippen molar-refractivity contribution in [3.8, 4) is 11.4 Å². The van der Waals surface area contributed by atoms with Gasteiger partial charge >= 0.3 is 0 Å². The molecule has 0 atom stereocenters. The number of fused-ring (bicyclic) bond motifs is 1. The van der Waals surface area contributed by atoms with E-state index >= 15 is 0 Å². The van der Waals surface area contributed by atoms with Crippen LogP contribution in [-0.2, 0) is 11.3 Å². The van der Waals surface area contributed by atoms with E-state index in [2.05, 4.69) is 45.4 Å². The minimum atomic E-state index is -0.227. The highest BCUT2D eigenvalue weighted by molar-refractivity contribution is 14.1. The molecule has 4 aromatic rings. The van der Waals surface area contributed by atoms with Gasteiger partial charge < -0.3 is 14.0 Å². The molecule has 1 saturated heterocycles. The van der Waals surface area contributed by atoms with Crippen molar-refractivity contribution in [3.63, 3.8) is 0 Å². The summed E-state index contributed by atoms with van der Waals surface area (Å²) in [6, 6.07) is 23.2. The molecule has 0 bridgehead atoms. The molecule has 0 spiro atoms. The summed E-state index contributed by atoms with van der Waals surface area (Å²) in [4.78, 5) is 0. The number of rotatable bonds is 5. The van der Waals surface area contributed by atoms with Crippen LogP contribution >= 0.6 is 22.6 Å². The molecule has 3 aromatic carbocycles. The third kappa shape index (κ3) is 4.08. The number of halogens is 2. The Balaban J connectivity index is 1.65. The van der Waals surface area contributed by atoms with Gasteiger partial charge in [-0.25, -0.2) is 4.39 Å². The van der Waals surface area contributed by atoms with E-state index in [1.54, 1.807) is 0 Å². The quantitative estimate of drug-likeness (QED) is 0.265. The third-order valence-corrected chi connectivity index (χ3v) is 6.95. The zero-order valence-corrected chi connectivity index (χ0v) is 19.2. The van der Waals surface area contributed by atoms with Gasteiger partial charge in [0.05, 0.1) is 10.9 Å². The topological polar surface area (TPSA) is 23.4 Å². The summed E-state index contributed by atoms with van der Waals surface area (Å²) < 4.78 is 29.1. The zero-order valence-electron chi connectivity index (χ0n) is 17.1. The molecule has 0 saturated carbocycles. The molecule has 0 unspecified atom stereocenters. The predicted molar refractivity (Wildman–Crippen MR) is 130 cm³/mol. The molecule has 5 heteroatoms. The molecule has 1 aromatic heterocycles. The van der Waals surface area contributed by atoms with Gasteiger partial charge in [0, 0.05) is 34.1 Å². The van der Waals surface area contributed by atoms with Crippen LogP contribution in [0, 0.1) is 9.39 Å². The Labute approximate surface area is 194 Å². The molecule has 0 N–H and O–H groups in total. The van der Waals surface area contributed by atoms with Crippen LogP contribution in [0.2, 0.25) is 0 Å². The number of hydrogen-bond donors (Lipinski definition) is 0. The van der Waals surface area contributed by atoms with Crippen molar-refractivity contribution in [1.82, 2.24) is 4.57 Å². The monoisotopic (exact) mass is 527 g/mol. The van der Waals surface area contributed by atoms with Crippen LogP contribution in [0.1, 0.15) is 30.0 Å². The van der Waals surface area contributed by atoms with E-state index in [1.807, 2.05) is 42.5 Å². The standard InChI is InChI=1S/C26H23FINO2/c27-20-9-11-21(12-10-20)29-22-7-4-8-23(31-17-18-5-2-1-3-6-18)24(22)25(28)26(29)19-13-15-30-16-14-19/h1-12,19H,13-17H2. The van der Waals surface area contributed by atoms with Crippen molar-refractivity contribution in [3.05, 3.63) is 93.4 Å². The van der Waals surface area contributed by atoms with E-state index < -0.39 is 0 Å². The smallest absolute Gasteiger partial charge is 0.130 e. The Kier molecular flexibility index (Phi) is 5.96. The van der Waals surface area contributed by atoms with Gasteiger partial charge in [-0.1, -0.05) is 36.4 Å². The average molecular weight is 527 g/mol. The van der Waals surface area contributed by atoms with Gasteiger partial charge in [-0.15, -0.1) is 0 Å². The molecule has 0 radical (unpaired) electrons. The minimum Gasteiger partial charge on any atom is -0.488 e. The molecule has 158 valence electrons. The molecule has 0 aliphatic carbocycles. The first-order chi connectivity index (χ1) is 15.2. The summed E-state index contributed by atoms with van der Waals surface area (Å²) in [5.74, 6) is 1.04. The fourth-order valence-corrected chi connectivity index (χ4v) is 5.56. The van der Waals surface area contributed by atoms with Crippen molar-refractivity contribution >= 4 is 33.5 Å². The lowest BCUT2D eigenvalue weighted by Gasteiger charge is -2.24. The van der Waals surface area contributed by atoms with Gasteiger partial charge in [-0.3, -0.25) is 0 Å². The summed E-state index contributed by atoms with van der Waals surface area (Å²) >= 11 is 2.46. The first-order valence-electron chi connectivity index (χ1n) is 10.6. The van der Waals surface area contributed by atoms with Gasteiger partial charge in [0.1, 0.15) is 18.2 Å². The van der Waals surface area contributed by atoms with Crippen molar-refractivity contribution in [2.45, 2.75) is 25.4 Å². The molecule has 1 fully saturated rings. The summed E-state index contributed by atoms with van der Waals surface area (Å²) in [5, 5.41) is 1.12. The van der Waals surface area contributed by atoms with Gasteiger partial charge in [-0.05, 0) is 77.4 Å². The lowest BCUT2D eigenvalue weighted by molar-refractivity contribution is 0.0841. The van der Waals surface area contributed by atoms with E-state index in [4.69, 9.17) is 9.47 Å². The molecule has 1 aliphatic heterocycles. The summed E-state index contributed by atoms with van der Waals surface area (Å²) in [5.41, 5.74) is 4.46. The Morgan fingerprint density at radius 1 is 0.935 bits per heavy atom. The van der Waals surface area contributed by atoms with Crippen molar-refractivity contribution in [2.75, 3.05) is 13.2 Å². The molecule has 3 nitrogen and oxygen atoms in total. The van der Waals surface area contributed by atoms with Crippen LogP contribution in [0.15, 0.2) is 72.8 Å². The van der Waals surface area contributed by atoms with E-state index in [0.29, 0.717) is 12.5 Å². The average Bonchev–Trinajstić information content (AvgIpc) is 3.12. The SMILES string of the molecule is Fc1ccc(-n2c(C3CCOCC3)c(I)c3c(OCc4ccccc4)cccc32)cc1. The zero-order chi connectivity index (χ0) is 21.2. The third-order valence-electron chi connectivity index (χ3n) is 5.86. The number of benzene rings is 3. The maximum atomic E-state index is 13.7. The van der Waals surface area contributed by atoms with Gasteiger partial charge in [-0.2, -0.15) is 0 Å². The van der Waals surface area contributed by atoms with Gasteiger partial charge in [0.25, 0.3) is 0 Å². The Hall–Kier alpha value is -2.38. The largest absolute Gasteiger partial charge is 0.488 e. The summed E-state index contributed by atoms with van der Waals surface area (Å²) in [6.45, 7) is 2.05. The lowest BCUT2D eigenvalue weighted by Crippen LogP contribution is -2.17. The van der Waals surface area contributed by atoms with E-state index in [0.717, 1.165) is 54.0 Å². The Morgan fingerprint density at radius 3 is 2.42 bits per heavy atom. The van der Waals surface area contributed by atoms with Crippen molar-refractivity contribution in [2.24, 2.45) is 0 Å². The van der Waals surface area contributed by atoms with Crippen LogP contribution < -0.4 is 4.74 Å². The molecule has 31 heavy (non-hydrogen) atoms. The highest BCUT2D eigenvalue weighted by atomic mass is 127. The summed E-state index contributed by atoms with van der Waals surface area (Å²) in [6.07, 6.45) is 1.96. The highest BCUT2D eigenvalue weighted by Gasteiger charge is 2.27. The second kappa shape index (κ2) is 9.01. The molecule has 2 heterocycles. The minimum absolute atomic E-state index is 0.227. The fourth-order valence-electron chi connectivity index (χ4n) is 4.34. The number of aromatic nitrogens is 1. The van der Waals surface area contributed by atoms with Crippen LogP contribution in [-0.4, -0.2) is 17.8 Å². The van der Waals surface area contributed by atoms with Crippen molar-refractivity contribution < 1.29 is 13.9 Å². The van der Waals surface area contributed by atoms with Crippen LogP contribution in [0.3, 0.4) is 0 Å². The first kappa shape index (κ1) is 20.5. The van der Waals surface area contributed by atoms with Crippen LogP contribution in [0.4, 0.5) is 4.39 Å².